The average molecular weight is 288 g/mol. The summed E-state index contributed by atoms with van der Waals surface area (Å²) >= 11 is 6.29. The first-order valence-corrected chi connectivity index (χ1v) is 6.95. The molecule has 0 bridgehead atoms. The van der Waals surface area contributed by atoms with Gasteiger partial charge in [0.05, 0.1) is 22.3 Å². The minimum absolute atomic E-state index is 0.272. The fourth-order valence-corrected chi connectivity index (χ4v) is 3.00. The van der Waals surface area contributed by atoms with Gasteiger partial charge in [0.15, 0.2) is 0 Å². The zero-order valence-corrected chi connectivity index (χ0v) is 11.7. The SMILES string of the molecule is N#Cc1cccc(Cl)c1N1CCCC(n2cncn2)C1. The van der Waals surface area contributed by atoms with Crippen LogP contribution in [0, 0.1) is 11.3 Å². The molecule has 1 fully saturated rings. The van der Waals surface area contributed by atoms with Gasteiger partial charge in [0, 0.05) is 13.1 Å². The number of hydrogen-bond acceptors (Lipinski definition) is 4. The third kappa shape index (κ3) is 2.35. The number of halogens is 1. The minimum Gasteiger partial charge on any atom is -0.367 e. The van der Waals surface area contributed by atoms with E-state index < -0.39 is 0 Å². The van der Waals surface area contributed by atoms with E-state index in [0.29, 0.717) is 10.6 Å². The monoisotopic (exact) mass is 287 g/mol. The molecular weight excluding hydrogens is 274 g/mol. The van der Waals surface area contributed by atoms with Crippen molar-refractivity contribution >= 4 is 17.3 Å². The van der Waals surface area contributed by atoms with Gasteiger partial charge in [-0.3, -0.25) is 0 Å². The number of nitriles is 1. The van der Waals surface area contributed by atoms with Crippen molar-refractivity contribution in [1.82, 2.24) is 14.8 Å². The van der Waals surface area contributed by atoms with E-state index in [4.69, 9.17) is 11.6 Å². The second-order valence-corrected chi connectivity index (χ2v) is 5.27. The standard InChI is InChI=1S/C14H14ClN5/c15-13-5-1-3-11(7-16)14(13)19-6-2-4-12(8-19)20-10-17-9-18-20/h1,3,5,9-10,12H,2,4,6,8H2. The normalized spacial score (nSPS) is 18.8. The van der Waals surface area contributed by atoms with E-state index in [2.05, 4.69) is 21.1 Å². The molecule has 1 aliphatic heterocycles. The summed E-state index contributed by atoms with van der Waals surface area (Å²) in [5.74, 6) is 0. The lowest BCUT2D eigenvalue weighted by atomic mass is 10.0. The molecule has 3 rings (SSSR count). The zero-order valence-electron chi connectivity index (χ0n) is 10.9. The number of piperidine rings is 1. The van der Waals surface area contributed by atoms with E-state index in [1.54, 1.807) is 18.7 Å². The van der Waals surface area contributed by atoms with Crippen molar-refractivity contribution in [1.29, 1.82) is 5.26 Å². The van der Waals surface area contributed by atoms with Crippen molar-refractivity contribution in [3.63, 3.8) is 0 Å². The molecule has 0 aliphatic carbocycles. The van der Waals surface area contributed by atoms with E-state index in [-0.39, 0.29) is 6.04 Å². The Hall–Kier alpha value is -2.06. The van der Waals surface area contributed by atoms with Crippen LogP contribution in [-0.4, -0.2) is 27.9 Å². The number of anilines is 1. The van der Waals surface area contributed by atoms with Crippen LogP contribution in [0.1, 0.15) is 24.4 Å². The van der Waals surface area contributed by atoms with Crippen molar-refractivity contribution in [3.8, 4) is 6.07 Å². The molecule has 2 aromatic rings. The summed E-state index contributed by atoms with van der Waals surface area (Å²) in [6.45, 7) is 1.70. The number of para-hydroxylation sites is 1. The Bertz CT molecular complexity index is 632. The number of nitrogens with zero attached hydrogens (tertiary/aromatic N) is 5. The lowest BCUT2D eigenvalue weighted by Gasteiger charge is -2.35. The molecular formula is C14H14ClN5. The van der Waals surface area contributed by atoms with Gasteiger partial charge in [-0.05, 0) is 25.0 Å². The van der Waals surface area contributed by atoms with Crippen LogP contribution in [0.5, 0.6) is 0 Å². The highest BCUT2D eigenvalue weighted by Gasteiger charge is 2.24. The summed E-state index contributed by atoms with van der Waals surface area (Å²) in [5, 5.41) is 14.1. The van der Waals surface area contributed by atoms with Crippen molar-refractivity contribution in [3.05, 3.63) is 41.4 Å². The van der Waals surface area contributed by atoms with Gasteiger partial charge in [0.1, 0.15) is 18.7 Å². The molecule has 1 saturated heterocycles. The van der Waals surface area contributed by atoms with Crippen LogP contribution >= 0.6 is 11.6 Å². The van der Waals surface area contributed by atoms with E-state index >= 15 is 0 Å². The molecule has 1 atom stereocenters. The Morgan fingerprint density at radius 3 is 3.05 bits per heavy atom. The molecule has 1 aromatic carbocycles. The number of aromatic nitrogens is 3. The van der Waals surface area contributed by atoms with Crippen molar-refractivity contribution < 1.29 is 0 Å². The first-order valence-electron chi connectivity index (χ1n) is 6.57. The Balaban J connectivity index is 1.90. The molecule has 0 N–H and O–H groups in total. The summed E-state index contributed by atoms with van der Waals surface area (Å²) in [4.78, 5) is 6.18. The van der Waals surface area contributed by atoms with Gasteiger partial charge in [0.2, 0.25) is 0 Å². The highest BCUT2D eigenvalue weighted by molar-refractivity contribution is 6.33. The van der Waals surface area contributed by atoms with Crippen molar-refractivity contribution in [2.45, 2.75) is 18.9 Å². The Labute approximate surface area is 122 Å². The molecule has 0 radical (unpaired) electrons. The average Bonchev–Trinajstić information content (AvgIpc) is 3.01. The van der Waals surface area contributed by atoms with Gasteiger partial charge in [-0.2, -0.15) is 10.4 Å². The summed E-state index contributed by atoms with van der Waals surface area (Å²) in [6, 6.07) is 7.94. The summed E-state index contributed by atoms with van der Waals surface area (Å²) in [5.41, 5.74) is 1.46. The maximum Gasteiger partial charge on any atom is 0.137 e. The second-order valence-electron chi connectivity index (χ2n) is 4.87. The summed E-state index contributed by atoms with van der Waals surface area (Å²) in [6.07, 6.45) is 5.40. The van der Waals surface area contributed by atoms with Gasteiger partial charge in [-0.1, -0.05) is 17.7 Å². The van der Waals surface area contributed by atoms with Gasteiger partial charge in [0.25, 0.3) is 0 Å². The highest BCUT2D eigenvalue weighted by atomic mass is 35.5. The van der Waals surface area contributed by atoms with Crippen LogP contribution in [0.4, 0.5) is 5.69 Å². The molecule has 20 heavy (non-hydrogen) atoms. The van der Waals surface area contributed by atoms with Crippen molar-refractivity contribution in [2.24, 2.45) is 0 Å². The van der Waals surface area contributed by atoms with Crippen LogP contribution in [0.25, 0.3) is 0 Å². The number of hydrogen-bond donors (Lipinski definition) is 0. The third-order valence-corrected chi connectivity index (χ3v) is 3.94. The fraction of sp³-hybridized carbons (Fsp3) is 0.357. The molecule has 1 unspecified atom stereocenters. The molecule has 1 aromatic heterocycles. The predicted molar refractivity (Wildman–Crippen MR) is 76.7 cm³/mol. The van der Waals surface area contributed by atoms with Gasteiger partial charge in [-0.15, -0.1) is 0 Å². The molecule has 0 amide bonds. The summed E-state index contributed by atoms with van der Waals surface area (Å²) in [7, 11) is 0. The molecule has 1 aliphatic rings. The molecule has 0 spiro atoms. The quantitative estimate of drug-likeness (QED) is 0.852. The Kier molecular flexibility index (Phi) is 3.57. The lowest BCUT2D eigenvalue weighted by Crippen LogP contribution is -2.37. The van der Waals surface area contributed by atoms with Crippen LogP contribution in [-0.2, 0) is 0 Å². The molecule has 6 heteroatoms. The van der Waals surface area contributed by atoms with Gasteiger partial charge in [-0.25, -0.2) is 9.67 Å². The topological polar surface area (TPSA) is 57.7 Å². The van der Waals surface area contributed by atoms with Crippen LogP contribution < -0.4 is 4.90 Å². The lowest BCUT2D eigenvalue weighted by molar-refractivity contribution is 0.375. The Morgan fingerprint density at radius 2 is 2.30 bits per heavy atom. The molecule has 2 heterocycles. The van der Waals surface area contributed by atoms with E-state index in [0.717, 1.165) is 31.6 Å². The maximum absolute atomic E-state index is 9.26. The van der Waals surface area contributed by atoms with E-state index in [9.17, 15) is 5.26 Å². The minimum atomic E-state index is 0.272. The fourth-order valence-electron chi connectivity index (χ4n) is 2.71. The van der Waals surface area contributed by atoms with E-state index in [1.807, 2.05) is 16.8 Å². The molecule has 5 nitrogen and oxygen atoms in total. The predicted octanol–water partition coefficient (Wildman–Crippen LogP) is 2.64. The summed E-state index contributed by atoms with van der Waals surface area (Å²) < 4.78 is 1.88. The molecule has 102 valence electrons. The molecule has 0 saturated carbocycles. The number of benzene rings is 1. The first-order chi connectivity index (χ1) is 9.79. The highest BCUT2D eigenvalue weighted by Crippen LogP contribution is 2.33. The maximum atomic E-state index is 9.26. The first kappa shape index (κ1) is 12.9. The van der Waals surface area contributed by atoms with E-state index in [1.165, 1.54) is 0 Å². The number of rotatable bonds is 2. The third-order valence-electron chi connectivity index (χ3n) is 3.63. The smallest absolute Gasteiger partial charge is 0.137 e. The zero-order chi connectivity index (χ0) is 13.9. The van der Waals surface area contributed by atoms with Crippen molar-refractivity contribution in [2.75, 3.05) is 18.0 Å². The van der Waals surface area contributed by atoms with Crippen LogP contribution in [0.2, 0.25) is 5.02 Å². The second kappa shape index (κ2) is 5.51. The van der Waals surface area contributed by atoms with Gasteiger partial charge >= 0.3 is 0 Å². The Morgan fingerprint density at radius 1 is 1.40 bits per heavy atom. The van der Waals surface area contributed by atoms with Gasteiger partial charge < -0.3 is 4.90 Å². The van der Waals surface area contributed by atoms with Crippen LogP contribution in [0.15, 0.2) is 30.9 Å². The largest absolute Gasteiger partial charge is 0.367 e. The van der Waals surface area contributed by atoms with Crippen LogP contribution in [0.3, 0.4) is 0 Å².